The van der Waals surface area contributed by atoms with E-state index in [1.807, 2.05) is 6.07 Å². The maximum Gasteiger partial charge on any atom is 0.143 e. The number of aliphatic hydroxyl groups excluding tert-OH is 1. The summed E-state index contributed by atoms with van der Waals surface area (Å²) in [6.07, 6.45) is 5.75. The Kier molecular flexibility index (Phi) is 3.12. The summed E-state index contributed by atoms with van der Waals surface area (Å²) >= 11 is 0. The number of pyridine rings is 2. The van der Waals surface area contributed by atoms with Gasteiger partial charge in [-0.1, -0.05) is 6.07 Å². The van der Waals surface area contributed by atoms with Crippen LogP contribution in [0.5, 0.6) is 5.75 Å². The average Bonchev–Trinajstić information content (AvgIpc) is 2.39. The smallest absolute Gasteiger partial charge is 0.143 e. The van der Waals surface area contributed by atoms with Crippen molar-refractivity contribution in [1.29, 1.82) is 0 Å². The van der Waals surface area contributed by atoms with Gasteiger partial charge in [0.2, 0.25) is 0 Å². The lowest BCUT2D eigenvalue weighted by Crippen LogP contribution is -2.02. The van der Waals surface area contributed by atoms with E-state index in [1.165, 1.54) is 0 Å². The highest BCUT2D eigenvalue weighted by Crippen LogP contribution is 2.28. The molecule has 0 aliphatic heterocycles. The highest BCUT2D eigenvalue weighted by Gasteiger charge is 2.14. The normalized spacial score (nSPS) is 12.1. The third-order valence-corrected chi connectivity index (χ3v) is 2.33. The van der Waals surface area contributed by atoms with Gasteiger partial charge in [0.05, 0.1) is 13.3 Å². The number of hydrogen-bond donors (Lipinski definition) is 1. The Morgan fingerprint density at radius 2 is 2.00 bits per heavy atom. The van der Waals surface area contributed by atoms with Crippen LogP contribution in [0.15, 0.2) is 43.0 Å². The summed E-state index contributed by atoms with van der Waals surface area (Å²) in [6.45, 7) is 0. The van der Waals surface area contributed by atoms with Gasteiger partial charge in [0.15, 0.2) is 0 Å². The minimum absolute atomic E-state index is 0.568. The second-order valence-electron chi connectivity index (χ2n) is 3.31. The van der Waals surface area contributed by atoms with Crippen LogP contribution >= 0.6 is 0 Å². The quantitative estimate of drug-likeness (QED) is 0.846. The molecule has 0 spiro atoms. The second kappa shape index (κ2) is 4.72. The third kappa shape index (κ3) is 2.01. The van der Waals surface area contributed by atoms with Crippen LogP contribution in [-0.2, 0) is 0 Å². The van der Waals surface area contributed by atoms with Crippen molar-refractivity contribution in [3.63, 3.8) is 0 Å². The molecule has 0 radical (unpaired) electrons. The monoisotopic (exact) mass is 216 g/mol. The van der Waals surface area contributed by atoms with Crippen molar-refractivity contribution in [3.05, 3.63) is 54.1 Å². The third-order valence-electron chi connectivity index (χ3n) is 2.33. The van der Waals surface area contributed by atoms with Gasteiger partial charge in [-0.25, -0.2) is 0 Å². The van der Waals surface area contributed by atoms with Crippen molar-refractivity contribution in [2.75, 3.05) is 7.11 Å². The van der Waals surface area contributed by atoms with Gasteiger partial charge >= 0.3 is 0 Å². The van der Waals surface area contributed by atoms with Gasteiger partial charge in [0.25, 0.3) is 0 Å². The Hall–Kier alpha value is -1.94. The van der Waals surface area contributed by atoms with Crippen LogP contribution in [0, 0.1) is 0 Å². The van der Waals surface area contributed by atoms with Gasteiger partial charge in [-0.3, -0.25) is 9.97 Å². The predicted molar refractivity (Wildman–Crippen MR) is 59.1 cm³/mol. The van der Waals surface area contributed by atoms with Crippen LogP contribution < -0.4 is 4.74 Å². The number of hydrogen-bond acceptors (Lipinski definition) is 4. The fraction of sp³-hybridized carbons (Fsp3) is 0.167. The molecule has 2 aromatic heterocycles. The number of aromatic nitrogens is 2. The molecule has 4 nitrogen and oxygen atoms in total. The summed E-state index contributed by atoms with van der Waals surface area (Å²) in [5.74, 6) is 0.568. The summed E-state index contributed by atoms with van der Waals surface area (Å²) in [6, 6.07) is 5.33. The first-order valence-corrected chi connectivity index (χ1v) is 4.89. The first-order valence-electron chi connectivity index (χ1n) is 4.89. The highest BCUT2D eigenvalue weighted by atomic mass is 16.5. The summed E-state index contributed by atoms with van der Waals surface area (Å²) in [7, 11) is 1.55. The number of aliphatic hydroxyl groups is 1. The van der Waals surface area contributed by atoms with E-state index in [4.69, 9.17) is 4.74 Å². The molecule has 0 amide bonds. The first kappa shape index (κ1) is 10.6. The fourth-order valence-corrected chi connectivity index (χ4v) is 1.50. The van der Waals surface area contributed by atoms with Crippen molar-refractivity contribution in [3.8, 4) is 5.75 Å². The average molecular weight is 216 g/mol. The topological polar surface area (TPSA) is 55.2 Å². The van der Waals surface area contributed by atoms with E-state index in [-0.39, 0.29) is 0 Å². The lowest BCUT2D eigenvalue weighted by atomic mass is 10.0. The summed E-state index contributed by atoms with van der Waals surface area (Å²) in [4.78, 5) is 7.91. The minimum atomic E-state index is -0.744. The van der Waals surface area contributed by atoms with Crippen molar-refractivity contribution < 1.29 is 9.84 Å². The zero-order chi connectivity index (χ0) is 11.4. The fourth-order valence-electron chi connectivity index (χ4n) is 1.50. The molecule has 2 rings (SSSR count). The standard InChI is InChI=1S/C12H12N2O2/c1-16-11-8-14-6-4-10(11)12(15)9-3-2-5-13-7-9/h2-8,12,15H,1H3. The lowest BCUT2D eigenvalue weighted by Gasteiger charge is -2.13. The lowest BCUT2D eigenvalue weighted by molar-refractivity contribution is 0.214. The van der Waals surface area contributed by atoms with Crippen molar-refractivity contribution in [2.24, 2.45) is 0 Å². The van der Waals surface area contributed by atoms with E-state index in [0.717, 1.165) is 5.56 Å². The Balaban J connectivity index is 2.37. The summed E-state index contributed by atoms with van der Waals surface area (Å²) in [5, 5.41) is 10.2. The molecule has 0 aromatic carbocycles. The largest absolute Gasteiger partial charge is 0.495 e. The molecule has 4 heteroatoms. The van der Waals surface area contributed by atoms with E-state index in [1.54, 1.807) is 44.0 Å². The molecule has 1 unspecified atom stereocenters. The molecule has 0 saturated heterocycles. The van der Waals surface area contributed by atoms with Gasteiger partial charge < -0.3 is 9.84 Å². The van der Waals surface area contributed by atoms with Crippen LogP contribution in [0.25, 0.3) is 0 Å². The van der Waals surface area contributed by atoms with Crippen LogP contribution in [0.2, 0.25) is 0 Å². The maximum absolute atomic E-state index is 10.2. The Morgan fingerprint density at radius 3 is 2.69 bits per heavy atom. The molecule has 0 saturated carbocycles. The van der Waals surface area contributed by atoms with Crippen molar-refractivity contribution >= 4 is 0 Å². The highest BCUT2D eigenvalue weighted by molar-refractivity contribution is 5.37. The maximum atomic E-state index is 10.2. The van der Waals surface area contributed by atoms with Crippen LogP contribution in [-0.4, -0.2) is 22.2 Å². The number of methoxy groups -OCH3 is 1. The van der Waals surface area contributed by atoms with Crippen LogP contribution in [0.4, 0.5) is 0 Å². The molecular weight excluding hydrogens is 204 g/mol. The number of ether oxygens (including phenoxy) is 1. The zero-order valence-corrected chi connectivity index (χ0v) is 8.87. The minimum Gasteiger partial charge on any atom is -0.495 e. The first-order chi connectivity index (χ1) is 7.83. The van der Waals surface area contributed by atoms with E-state index >= 15 is 0 Å². The van der Waals surface area contributed by atoms with E-state index < -0.39 is 6.10 Å². The summed E-state index contributed by atoms with van der Waals surface area (Å²) < 4.78 is 5.15. The Morgan fingerprint density at radius 1 is 1.19 bits per heavy atom. The van der Waals surface area contributed by atoms with Gasteiger partial charge in [-0.2, -0.15) is 0 Å². The van der Waals surface area contributed by atoms with Gasteiger partial charge in [0, 0.05) is 29.7 Å². The van der Waals surface area contributed by atoms with Gasteiger partial charge in [0.1, 0.15) is 11.9 Å². The van der Waals surface area contributed by atoms with Crippen LogP contribution in [0.3, 0.4) is 0 Å². The molecule has 1 atom stereocenters. The number of rotatable bonds is 3. The van der Waals surface area contributed by atoms with Gasteiger partial charge in [-0.05, 0) is 12.1 Å². The zero-order valence-electron chi connectivity index (χ0n) is 8.87. The Labute approximate surface area is 93.6 Å². The van der Waals surface area contributed by atoms with E-state index in [0.29, 0.717) is 11.3 Å². The molecule has 2 heterocycles. The molecule has 0 bridgehead atoms. The molecule has 2 aromatic rings. The van der Waals surface area contributed by atoms with Crippen molar-refractivity contribution in [1.82, 2.24) is 9.97 Å². The van der Waals surface area contributed by atoms with Crippen molar-refractivity contribution in [2.45, 2.75) is 6.10 Å². The van der Waals surface area contributed by atoms with E-state index in [9.17, 15) is 5.11 Å². The molecule has 0 aliphatic carbocycles. The summed E-state index contributed by atoms with van der Waals surface area (Å²) in [5.41, 5.74) is 1.41. The molecule has 0 aliphatic rings. The van der Waals surface area contributed by atoms with E-state index in [2.05, 4.69) is 9.97 Å². The predicted octanol–water partition coefficient (Wildman–Crippen LogP) is 1.57. The SMILES string of the molecule is COc1cnccc1C(O)c1cccnc1. The molecule has 1 N–H and O–H groups in total. The molecular formula is C12H12N2O2. The van der Waals surface area contributed by atoms with Crippen LogP contribution in [0.1, 0.15) is 17.2 Å². The molecule has 82 valence electrons. The molecule has 16 heavy (non-hydrogen) atoms. The second-order valence-corrected chi connectivity index (χ2v) is 3.31. The number of nitrogens with zero attached hydrogens (tertiary/aromatic N) is 2. The molecule has 0 fully saturated rings. The van der Waals surface area contributed by atoms with Gasteiger partial charge in [-0.15, -0.1) is 0 Å². The Bertz CT molecular complexity index is 460.